The smallest absolute Gasteiger partial charge is 0.318 e. The van der Waals surface area contributed by atoms with Crippen LogP contribution in [-0.2, 0) is 13.1 Å². The molecule has 3 nitrogen and oxygen atoms in total. The molecule has 0 fully saturated rings. The summed E-state index contributed by atoms with van der Waals surface area (Å²) in [5.41, 5.74) is 2.49. The second kappa shape index (κ2) is 5.53. The summed E-state index contributed by atoms with van der Waals surface area (Å²) in [6.07, 6.45) is 2.13. The molecule has 2 aromatic carbocycles. The van der Waals surface area contributed by atoms with E-state index in [2.05, 4.69) is 48.6 Å². The number of nitrogens with zero attached hydrogens (tertiary/aromatic N) is 1. The minimum Gasteiger partial charge on any atom is -0.338 e. The van der Waals surface area contributed by atoms with Crippen molar-refractivity contribution in [2.24, 2.45) is 0 Å². The molecule has 0 spiro atoms. The summed E-state index contributed by atoms with van der Waals surface area (Å²) in [4.78, 5) is 14.1. The van der Waals surface area contributed by atoms with E-state index in [-0.39, 0.29) is 6.03 Å². The first kappa shape index (κ1) is 13.0. The largest absolute Gasteiger partial charge is 0.338 e. The van der Waals surface area contributed by atoms with Crippen LogP contribution in [0.4, 0.5) is 4.79 Å². The summed E-state index contributed by atoms with van der Waals surface area (Å²) in [6.45, 7) is 4.29. The molecule has 0 aliphatic carbocycles. The zero-order valence-corrected chi connectivity index (χ0v) is 11.9. The minimum atomic E-state index is 0.0463. The van der Waals surface area contributed by atoms with Gasteiger partial charge in [-0.05, 0) is 28.3 Å². The predicted molar refractivity (Wildman–Crippen MR) is 81.5 cm³/mol. The molecule has 0 saturated carbocycles. The van der Waals surface area contributed by atoms with E-state index in [1.807, 2.05) is 4.90 Å². The van der Waals surface area contributed by atoms with Gasteiger partial charge in [-0.1, -0.05) is 49.7 Å². The van der Waals surface area contributed by atoms with E-state index in [9.17, 15) is 4.79 Å². The standard InChI is InChI=1S/C17H20N2O/c1-2-3-10-18-17(20)19-11-14-8-4-6-13-7-5-9-15(12-19)16(13)14/h4-9H,2-3,10-12H2,1H3,(H,18,20). The van der Waals surface area contributed by atoms with E-state index in [4.69, 9.17) is 0 Å². The highest BCUT2D eigenvalue weighted by Gasteiger charge is 2.21. The van der Waals surface area contributed by atoms with Crippen LogP contribution in [0.3, 0.4) is 0 Å². The molecule has 1 N–H and O–H groups in total. The highest BCUT2D eigenvalue weighted by atomic mass is 16.2. The van der Waals surface area contributed by atoms with Crippen LogP contribution in [0.25, 0.3) is 10.8 Å². The van der Waals surface area contributed by atoms with Gasteiger partial charge in [0.2, 0.25) is 0 Å². The molecule has 3 heteroatoms. The number of nitrogens with one attached hydrogen (secondary N) is 1. The molecular weight excluding hydrogens is 248 g/mol. The normalized spacial score (nSPS) is 13.6. The van der Waals surface area contributed by atoms with Crippen LogP contribution in [0, 0.1) is 0 Å². The SMILES string of the molecule is CCCCNC(=O)N1Cc2cccc3cccc(c23)C1. The number of amides is 2. The molecule has 0 radical (unpaired) electrons. The number of carbonyl (C=O) groups excluding carboxylic acids is 1. The molecule has 3 rings (SSSR count). The zero-order valence-electron chi connectivity index (χ0n) is 11.9. The van der Waals surface area contributed by atoms with Crippen molar-refractivity contribution in [3.63, 3.8) is 0 Å². The van der Waals surface area contributed by atoms with Gasteiger partial charge in [0, 0.05) is 19.6 Å². The van der Waals surface area contributed by atoms with E-state index in [1.54, 1.807) is 0 Å². The number of carbonyl (C=O) groups is 1. The Kier molecular flexibility index (Phi) is 3.59. The number of rotatable bonds is 3. The van der Waals surface area contributed by atoms with Gasteiger partial charge in [0.05, 0.1) is 0 Å². The molecule has 2 amide bonds. The van der Waals surface area contributed by atoms with Gasteiger partial charge < -0.3 is 10.2 Å². The van der Waals surface area contributed by atoms with Crippen molar-refractivity contribution in [1.82, 2.24) is 10.2 Å². The Balaban J connectivity index is 1.82. The molecule has 1 aliphatic rings. The van der Waals surface area contributed by atoms with E-state index in [0.29, 0.717) is 13.1 Å². The number of hydrogen-bond donors (Lipinski definition) is 1. The van der Waals surface area contributed by atoms with Crippen LogP contribution in [0.15, 0.2) is 36.4 Å². The molecule has 0 atom stereocenters. The van der Waals surface area contributed by atoms with Gasteiger partial charge in [-0.3, -0.25) is 0 Å². The van der Waals surface area contributed by atoms with E-state index >= 15 is 0 Å². The fraction of sp³-hybridized carbons (Fsp3) is 0.353. The van der Waals surface area contributed by atoms with Crippen LogP contribution in [-0.4, -0.2) is 17.5 Å². The van der Waals surface area contributed by atoms with Gasteiger partial charge in [-0.15, -0.1) is 0 Å². The Morgan fingerprint density at radius 2 is 1.80 bits per heavy atom. The van der Waals surface area contributed by atoms with Crippen LogP contribution >= 0.6 is 0 Å². The molecule has 104 valence electrons. The van der Waals surface area contributed by atoms with Crippen molar-refractivity contribution < 1.29 is 4.79 Å². The highest BCUT2D eigenvalue weighted by Crippen LogP contribution is 2.29. The number of hydrogen-bond acceptors (Lipinski definition) is 1. The second-order valence-electron chi connectivity index (χ2n) is 5.37. The summed E-state index contributed by atoms with van der Waals surface area (Å²) in [5, 5.41) is 5.60. The third-order valence-electron chi connectivity index (χ3n) is 3.89. The number of unbranched alkanes of at least 4 members (excludes halogenated alkanes) is 1. The lowest BCUT2D eigenvalue weighted by molar-refractivity contribution is 0.191. The lowest BCUT2D eigenvalue weighted by Crippen LogP contribution is -2.40. The summed E-state index contributed by atoms with van der Waals surface area (Å²) in [6, 6.07) is 12.7. The summed E-state index contributed by atoms with van der Waals surface area (Å²) >= 11 is 0. The van der Waals surface area contributed by atoms with E-state index in [1.165, 1.54) is 21.9 Å². The lowest BCUT2D eigenvalue weighted by Gasteiger charge is -2.29. The first-order valence-corrected chi connectivity index (χ1v) is 7.32. The summed E-state index contributed by atoms with van der Waals surface area (Å²) in [7, 11) is 0. The van der Waals surface area contributed by atoms with Crippen molar-refractivity contribution >= 4 is 16.8 Å². The summed E-state index contributed by atoms with van der Waals surface area (Å²) in [5.74, 6) is 0. The molecule has 1 heterocycles. The maximum atomic E-state index is 12.2. The maximum absolute atomic E-state index is 12.2. The Bertz CT molecular complexity index is 595. The first-order chi connectivity index (χ1) is 9.79. The van der Waals surface area contributed by atoms with Gasteiger partial charge in [-0.25, -0.2) is 4.79 Å². The van der Waals surface area contributed by atoms with Crippen molar-refractivity contribution in [3.05, 3.63) is 47.5 Å². The molecular formula is C17H20N2O. The van der Waals surface area contributed by atoms with E-state index < -0.39 is 0 Å². The fourth-order valence-electron chi connectivity index (χ4n) is 2.86. The van der Waals surface area contributed by atoms with Gasteiger partial charge in [0.25, 0.3) is 0 Å². The molecule has 0 unspecified atom stereocenters. The predicted octanol–water partition coefficient (Wildman–Crippen LogP) is 3.67. The van der Waals surface area contributed by atoms with Crippen molar-refractivity contribution in [2.45, 2.75) is 32.9 Å². The Morgan fingerprint density at radius 3 is 2.40 bits per heavy atom. The van der Waals surface area contributed by atoms with Crippen LogP contribution in [0.5, 0.6) is 0 Å². The fourth-order valence-corrected chi connectivity index (χ4v) is 2.86. The Labute approximate surface area is 119 Å². The average Bonchev–Trinajstić information content (AvgIpc) is 2.48. The van der Waals surface area contributed by atoms with Crippen LogP contribution in [0.1, 0.15) is 30.9 Å². The van der Waals surface area contributed by atoms with Crippen LogP contribution < -0.4 is 5.32 Å². The first-order valence-electron chi connectivity index (χ1n) is 7.32. The quantitative estimate of drug-likeness (QED) is 0.846. The Hall–Kier alpha value is -2.03. The lowest BCUT2D eigenvalue weighted by atomic mass is 9.95. The third-order valence-corrected chi connectivity index (χ3v) is 3.89. The molecule has 0 bridgehead atoms. The number of urea groups is 1. The van der Waals surface area contributed by atoms with Crippen LogP contribution in [0.2, 0.25) is 0 Å². The molecule has 0 saturated heterocycles. The molecule has 0 aromatic heterocycles. The topological polar surface area (TPSA) is 32.3 Å². The monoisotopic (exact) mass is 268 g/mol. The second-order valence-corrected chi connectivity index (χ2v) is 5.37. The van der Waals surface area contributed by atoms with Crippen molar-refractivity contribution in [1.29, 1.82) is 0 Å². The average molecular weight is 268 g/mol. The zero-order chi connectivity index (χ0) is 13.9. The Morgan fingerprint density at radius 1 is 1.15 bits per heavy atom. The van der Waals surface area contributed by atoms with Gasteiger partial charge >= 0.3 is 6.03 Å². The molecule has 20 heavy (non-hydrogen) atoms. The van der Waals surface area contributed by atoms with Crippen molar-refractivity contribution in [3.8, 4) is 0 Å². The van der Waals surface area contributed by atoms with Gasteiger partial charge in [0.1, 0.15) is 0 Å². The number of benzene rings is 2. The van der Waals surface area contributed by atoms with Crippen molar-refractivity contribution in [2.75, 3.05) is 6.54 Å². The summed E-state index contributed by atoms with van der Waals surface area (Å²) < 4.78 is 0. The molecule has 1 aliphatic heterocycles. The van der Waals surface area contributed by atoms with E-state index in [0.717, 1.165) is 19.4 Å². The highest BCUT2D eigenvalue weighted by molar-refractivity contribution is 5.90. The third kappa shape index (κ3) is 2.36. The minimum absolute atomic E-state index is 0.0463. The maximum Gasteiger partial charge on any atom is 0.318 e. The van der Waals surface area contributed by atoms with Gasteiger partial charge in [-0.2, -0.15) is 0 Å². The van der Waals surface area contributed by atoms with Gasteiger partial charge in [0.15, 0.2) is 0 Å². The molecule has 2 aromatic rings.